The number of hydrogen-bond acceptors (Lipinski definition) is 5. The molecule has 3 rings (SSSR count). The van der Waals surface area contributed by atoms with Gasteiger partial charge in [0.1, 0.15) is 0 Å². The summed E-state index contributed by atoms with van der Waals surface area (Å²) in [7, 11) is 1.60. The average Bonchev–Trinajstić information content (AvgIpc) is 3.12. The predicted octanol–water partition coefficient (Wildman–Crippen LogP) is 4.11. The maximum atomic E-state index is 12.3. The van der Waals surface area contributed by atoms with Gasteiger partial charge in [0.2, 0.25) is 6.79 Å². The Bertz CT molecular complexity index is 795. The third-order valence-electron chi connectivity index (χ3n) is 3.73. The molecule has 0 unspecified atom stereocenters. The van der Waals surface area contributed by atoms with Gasteiger partial charge in [-0.25, -0.2) is 0 Å². The lowest BCUT2D eigenvalue weighted by atomic mass is 10.1. The van der Waals surface area contributed by atoms with Crippen LogP contribution in [-0.2, 0) is 0 Å². The molecule has 1 heterocycles. The minimum atomic E-state index is -0.108. The number of ether oxygens (including phenoxy) is 4. The van der Waals surface area contributed by atoms with Gasteiger partial charge in [-0.05, 0) is 48.4 Å². The van der Waals surface area contributed by atoms with E-state index in [1.165, 1.54) is 6.08 Å². The molecule has 1 aliphatic rings. The van der Waals surface area contributed by atoms with Crippen molar-refractivity contribution in [2.45, 2.75) is 13.3 Å². The summed E-state index contributed by atoms with van der Waals surface area (Å²) in [5.74, 6) is 2.49. The SMILES string of the molecule is CCCOc1ccc(/C=C/C(=O)c2ccc3c(c2)OCO3)cc1OC. The fraction of sp³-hybridized carbons (Fsp3) is 0.250. The topological polar surface area (TPSA) is 54.0 Å². The third kappa shape index (κ3) is 3.94. The molecule has 0 bridgehead atoms. The van der Waals surface area contributed by atoms with Crippen molar-refractivity contribution < 1.29 is 23.7 Å². The Morgan fingerprint density at radius 3 is 2.76 bits per heavy atom. The lowest BCUT2D eigenvalue weighted by Gasteiger charge is -2.10. The average molecular weight is 340 g/mol. The van der Waals surface area contributed by atoms with E-state index in [9.17, 15) is 4.79 Å². The van der Waals surface area contributed by atoms with Gasteiger partial charge in [0.25, 0.3) is 0 Å². The number of ketones is 1. The predicted molar refractivity (Wildman–Crippen MR) is 94.7 cm³/mol. The Labute approximate surface area is 146 Å². The van der Waals surface area contributed by atoms with Crippen LogP contribution in [0.4, 0.5) is 0 Å². The summed E-state index contributed by atoms with van der Waals surface area (Å²) in [6.45, 7) is 2.87. The molecule has 0 N–H and O–H groups in total. The van der Waals surface area contributed by atoms with Crippen LogP contribution in [0.1, 0.15) is 29.3 Å². The molecule has 0 spiro atoms. The van der Waals surface area contributed by atoms with Crippen molar-refractivity contribution in [3.8, 4) is 23.0 Å². The molecule has 2 aromatic carbocycles. The quantitative estimate of drug-likeness (QED) is 0.561. The molecule has 0 aliphatic carbocycles. The number of rotatable bonds is 7. The number of methoxy groups -OCH3 is 1. The van der Waals surface area contributed by atoms with E-state index >= 15 is 0 Å². The molecule has 0 fully saturated rings. The fourth-order valence-electron chi connectivity index (χ4n) is 2.44. The first-order valence-corrected chi connectivity index (χ1v) is 8.14. The van der Waals surface area contributed by atoms with Gasteiger partial charge in [-0.15, -0.1) is 0 Å². The Kier molecular flexibility index (Phi) is 5.23. The van der Waals surface area contributed by atoms with E-state index in [-0.39, 0.29) is 12.6 Å². The van der Waals surface area contributed by atoms with Crippen molar-refractivity contribution >= 4 is 11.9 Å². The molecule has 0 saturated carbocycles. The normalized spacial score (nSPS) is 12.4. The highest BCUT2D eigenvalue weighted by atomic mass is 16.7. The first-order chi connectivity index (χ1) is 12.2. The molecule has 5 nitrogen and oxygen atoms in total. The van der Waals surface area contributed by atoms with Crippen LogP contribution in [-0.4, -0.2) is 26.3 Å². The second-order valence-corrected chi connectivity index (χ2v) is 5.52. The van der Waals surface area contributed by atoms with Crippen molar-refractivity contribution in [3.63, 3.8) is 0 Å². The molecular weight excluding hydrogens is 320 g/mol. The van der Waals surface area contributed by atoms with E-state index in [0.29, 0.717) is 35.2 Å². The van der Waals surface area contributed by atoms with Crippen LogP contribution >= 0.6 is 0 Å². The summed E-state index contributed by atoms with van der Waals surface area (Å²) in [5.41, 5.74) is 1.41. The summed E-state index contributed by atoms with van der Waals surface area (Å²) in [6, 6.07) is 10.7. The zero-order valence-corrected chi connectivity index (χ0v) is 14.3. The molecule has 0 radical (unpaired) electrons. The van der Waals surface area contributed by atoms with Crippen LogP contribution in [0.5, 0.6) is 23.0 Å². The van der Waals surface area contributed by atoms with Crippen molar-refractivity contribution in [1.82, 2.24) is 0 Å². The highest BCUT2D eigenvalue weighted by molar-refractivity contribution is 6.07. The molecular formula is C20H20O5. The summed E-state index contributed by atoms with van der Waals surface area (Å²) in [5, 5.41) is 0. The largest absolute Gasteiger partial charge is 0.493 e. The molecule has 2 aromatic rings. The Balaban J connectivity index is 1.73. The number of allylic oxidation sites excluding steroid dienone is 1. The minimum absolute atomic E-state index is 0.108. The van der Waals surface area contributed by atoms with Crippen molar-refractivity contribution in [1.29, 1.82) is 0 Å². The van der Waals surface area contributed by atoms with Crippen molar-refractivity contribution in [3.05, 3.63) is 53.6 Å². The van der Waals surface area contributed by atoms with Crippen molar-refractivity contribution in [2.24, 2.45) is 0 Å². The standard InChI is InChI=1S/C20H20O5/c1-3-10-23-17-8-5-14(11-19(17)22-2)4-7-16(21)15-6-9-18-20(12-15)25-13-24-18/h4-9,11-12H,3,10,13H2,1-2H3/b7-4+. The van der Waals surface area contributed by atoms with Gasteiger partial charge in [0, 0.05) is 5.56 Å². The first kappa shape index (κ1) is 16.9. The maximum absolute atomic E-state index is 12.3. The van der Waals surface area contributed by atoms with Crippen LogP contribution in [0.3, 0.4) is 0 Å². The molecule has 0 atom stereocenters. The number of hydrogen-bond donors (Lipinski definition) is 0. The van der Waals surface area contributed by atoms with Gasteiger partial charge >= 0.3 is 0 Å². The number of fused-ring (bicyclic) bond motifs is 1. The molecule has 0 amide bonds. The zero-order valence-electron chi connectivity index (χ0n) is 14.3. The number of carbonyl (C=O) groups is 1. The van der Waals surface area contributed by atoms with E-state index in [1.54, 1.807) is 31.4 Å². The minimum Gasteiger partial charge on any atom is -0.493 e. The Morgan fingerprint density at radius 2 is 1.96 bits per heavy atom. The van der Waals surface area contributed by atoms with Crippen LogP contribution in [0, 0.1) is 0 Å². The fourth-order valence-corrected chi connectivity index (χ4v) is 2.44. The van der Waals surface area contributed by atoms with Gasteiger partial charge < -0.3 is 18.9 Å². The molecule has 5 heteroatoms. The van der Waals surface area contributed by atoms with E-state index < -0.39 is 0 Å². The summed E-state index contributed by atoms with van der Waals surface area (Å²) >= 11 is 0. The Hall–Kier alpha value is -2.95. The van der Waals surface area contributed by atoms with E-state index in [2.05, 4.69) is 0 Å². The van der Waals surface area contributed by atoms with Gasteiger partial charge in [0.15, 0.2) is 28.8 Å². The van der Waals surface area contributed by atoms with Gasteiger partial charge in [-0.3, -0.25) is 4.79 Å². The summed E-state index contributed by atoms with van der Waals surface area (Å²) in [4.78, 5) is 12.3. The maximum Gasteiger partial charge on any atom is 0.231 e. The second kappa shape index (κ2) is 7.75. The lowest BCUT2D eigenvalue weighted by molar-refractivity contribution is 0.104. The van der Waals surface area contributed by atoms with Crippen LogP contribution in [0.25, 0.3) is 6.08 Å². The van der Waals surface area contributed by atoms with Gasteiger partial charge in [0.05, 0.1) is 13.7 Å². The van der Waals surface area contributed by atoms with E-state index in [0.717, 1.165) is 12.0 Å². The molecule has 0 saturated heterocycles. The monoisotopic (exact) mass is 340 g/mol. The van der Waals surface area contributed by atoms with Crippen LogP contribution in [0.2, 0.25) is 0 Å². The molecule has 130 valence electrons. The smallest absolute Gasteiger partial charge is 0.231 e. The summed E-state index contributed by atoms with van der Waals surface area (Å²) < 4.78 is 21.5. The van der Waals surface area contributed by atoms with Gasteiger partial charge in [-0.2, -0.15) is 0 Å². The van der Waals surface area contributed by atoms with Crippen molar-refractivity contribution in [2.75, 3.05) is 20.5 Å². The highest BCUT2D eigenvalue weighted by Gasteiger charge is 2.15. The summed E-state index contributed by atoms with van der Waals surface area (Å²) in [6.07, 6.45) is 4.20. The van der Waals surface area contributed by atoms with E-state index in [1.807, 2.05) is 25.1 Å². The third-order valence-corrected chi connectivity index (χ3v) is 3.73. The molecule has 1 aliphatic heterocycles. The van der Waals surface area contributed by atoms with E-state index in [4.69, 9.17) is 18.9 Å². The number of carbonyl (C=O) groups excluding carboxylic acids is 1. The first-order valence-electron chi connectivity index (χ1n) is 8.14. The molecule has 0 aromatic heterocycles. The van der Waals surface area contributed by atoms with Crippen LogP contribution in [0.15, 0.2) is 42.5 Å². The number of benzene rings is 2. The lowest BCUT2D eigenvalue weighted by Crippen LogP contribution is -1.98. The Morgan fingerprint density at radius 1 is 1.12 bits per heavy atom. The molecule has 25 heavy (non-hydrogen) atoms. The second-order valence-electron chi connectivity index (χ2n) is 5.52. The zero-order chi connectivity index (χ0) is 17.6. The highest BCUT2D eigenvalue weighted by Crippen LogP contribution is 2.33. The van der Waals surface area contributed by atoms with Crippen LogP contribution < -0.4 is 18.9 Å². The van der Waals surface area contributed by atoms with Gasteiger partial charge in [-0.1, -0.05) is 19.1 Å².